The van der Waals surface area contributed by atoms with Crippen molar-refractivity contribution in [2.24, 2.45) is 0 Å². The Morgan fingerprint density at radius 3 is 2.48 bits per heavy atom. The lowest BCUT2D eigenvalue weighted by Gasteiger charge is -2.34. The average Bonchev–Trinajstić information content (AvgIpc) is 3.30. The van der Waals surface area contributed by atoms with Gasteiger partial charge in [-0.05, 0) is 30.7 Å². The van der Waals surface area contributed by atoms with Gasteiger partial charge in [0, 0.05) is 68.9 Å². The van der Waals surface area contributed by atoms with Gasteiger partial charge in [0.05, 0.1) is 5.69 Å². The maximum atomic E-state index is 4.53. The second-order valence-corrected chi connectivity index (χ2v) is 7.38. The number of nitrogens with zero attached hydrogens (tertiary/aromatic N) is 5. The Balaban J connectivity index is 1.34. The molecule has 0 saturated carbocycles. The molecule has 4 heterocycles. The molecule has 130 valence electrons. The van der Waals surface area contributed by atoms with E-state index < -0.39 is 0 Å². The molecule has 0 bridgehead atoms. The number of aromatic nitrogens is 3. The van der Waals surface area contributed by atoms with E-state index in [0.29, 0.717) is 0 Å². The van der Waals surface area contributed by atoms with Crippen LogP contribution in [0, 0.1) is 6.92 Å². The van der Waals surface area contributed by atoms with E-state index in [1.165, 1.54) is 17.0 Å². The first-order chi connectivity index (χ1) is 12.3. The van der Waals surface area contributed by atoms with Gasteiger partial charge in [0.15, 0.2) is 5.13 Å². The average molecular weight is 353 g/mol. The molecule has 4 rings (SSSR count). The van der Waals surface area contributed by atoms with Gasteiger partial charge in [0.25, 0.3) is 0 Å². The highest BCUT2D eigenvalue weighted by molar-refractivity contribution is 7.12. The quantitative estimate of drug-likeness (QED) is 0.707. The summed E-state index contributed by atoms with van der Waals surface area (Å²) >= 11 is 1.68. The Morgan fingerprint density at radius 2 is 1.76 bits per heavy atom. The van der Waals surface area contributed by atoms with E-state index in [1.54, 1.807) is 11.3 Å². The highest BCUT2D eigenvalue weighted by Crippen LogP contribution is 2.18. The Morgan fingerprint density at radius 1 is 0.960 bits per heavy atom. The topological polar surface area (TPSA) is 37.2 Å². The first-order valence-electron chi connectivity index (χ1n) is 8.71. The van der Waals surface area contributed by atoms with E-state index in [1.807, 2.05) is 23.8 Å². The van der Waals surface area contributed by atoms with Crippen molar-refractivity contribution < 1.29 is 0 Å². The lowest BCUT2D eigenvalue weighted by Crippen LogP contribution is -2.45. The molecule has 0 unspecified atom stereocenters. The zero-order valence-corrected chi connectivity index (χ0v) is 15.3. The normalized spacial score (nSPS) is 16.4. The molecular formula is C19H23N5S. The summed E-state index contributed by atoms with van der Waals surface area (Å²) in [6.45, 7) is 8.44. The van der Waals surface area contributed by atoms with Crippen LogP contribution in [0.3, 0.4) is 0 Å². The minimum atomic E-state index is 0.954. The molecule has 1 fully saturated rings. The lowest BCUT2D eigenvalue weighted by atomic mass is 10.2. The third kappa shape index (κ3) is 3.81. The van der Waals surface area contributed by atoms with Crippen LogP contribution in [-0.2, 0) is 13.1 Å². The molecule has 0 aliphatic carbocycles. The second-order valence-electron chi connectivity index (χ2n) is 6.50. The largest absolute Gasteiger partial charge is 0.296 e. The van der Waals surface area contributed by atoms with Gasteiger partial charge in [-0.3, -0.25) is 19.4 Å². The van der Waals surface area contributed by atoms with Crippen molar-refractivity contribution in [2.45, 2.75) is 20.0 Å². The van der Waals surface area contributed by atoms with E-state index in [4.69, 9.17) is 0 Å². The van der Waals surface area contributed by atoms with Gasteiger partial charge in [-0.25, -0.2) is 4.98 Å². The molecule has 0 amide bonds. The standard InChI is InChI=1S/C19H23N5S/c1-16-4-2-6-20-18(16)15-23-11-9-22(10-12-23)14-17-5-3-8-24(17)19-21-7-13-25-19/h2-8,13H,9-12,14-15H2,1H3. The summed E-state index contributed by atoms with van der Waals surface area (Å²) in [5, 5.41) is 3.07. The number of thiazole rings is 1. The minimum absolute atomic E-state index is 0.954. The number of pyridine rings is 1. The molecule has 3 aromatic rings. The third-order valence-electron chi connectivity index (χ3n) is 4.80. The summed E-state index contributed by atoms with van der Waals surface area (Å²) in [6, 6.07) is 8.46. The maximum Gasteiger partial charge on any atom is 0.193 e. The Bertz CT molecular complexity index is 803. The molecule has 5 nitrogen and oxygen atoms in total. The highest BCUT2D eigenvalue weighted by Gasteiger charge is 2.19. The zero-order chi connectivity index (χ0) is 17.1. The smallest absolute Gasteiger partial charge is 0.193 e. The van der Waals surface area contributed by atoms with E-state index in [2.05, 4.69) is 55.7 Å². The predicted molar refractivity (Wildman–Crippen MR) is 101 cm³/mol. The number of aryl methyl sites for hydroxylation is 1. The van der Waals surface area contributed by atoms with Gasteiger partial charge in [-0.1, -0.05) is 6.07 Å². The maximum absolute atomic E-state index is 4.53. The Labute approximate surface area is 152 Å². The SMILES string of the molecule is Cc1cccnc1CN1CCN(Cc2cccn2-c2nccs2)CC1. The number of hydrogen-bond donors (Lipinski definition) is 0. The Hall–Kier alpha value is -2.02. The van der Waals surface area contributed by atoms with Gasteiger partial charge in [0.1, 0.15) is 0 Å². The lowest BCUT2D eigenvalue weighted by molar-refractivity contribution is 0.119. The molecule has 25 heavy (non-hydrogen) atoms. The van der Waals surface area contributed by atoms with Crippen molar-refractivity contribution in [1.82, 2.24) is 24.3 Å². The van der Waals surface area contributed by atoms with Crippen molar-refractivity contribution in [1.29, 1.82) is 0 Å². The van der Waals surface area contributed by atoms with Crippen molar-refractivity contribution in [3.05, 3.63) is 65.2 Å². The summed E-state index contributed by atoms with van der Waals surface area (Å²) in [4.78, 5) is 14.0. The van der Waals surface area contributed by atoms with Crippen LogP contribution >= 0.6 is 11.3 Å². The predicted octanol–water partition coefficient (Wildman–Crippen LogP) is 2.96. The molecule has 1 aliphatic heterocycles. The van der Waals surface area contributed by atoms with Gasteiger partial charge in [0.2, 0.25) is 0 Å². The van der Waals surface area contributed by atoms with Crippen LogP contribution in [-0.4, -0.2) is 50.5 Å². The molecule has 6 heteroatoms. The Kier molecular flexibility index (Phi) is 4.92. The summed E-state index contributed by atoms with van der Waals surface area (Å²) in [5.74, 6) is 0. The molecule has 1 saturated heterocycles. The molecule has 0 radical (unpaired) electrons. The van der Waals surface area contributed by atoms with Crippen molar-refractivity contribution in [3.63, 3.8) is 0 Å². The molecule has 3 aromatic heterocycles. The van der Waals surface area contributed by atoms with E-state index in [-0.39, 0.29) is 0 Å². The van der Waals surface area contributed by atoms with Gasteiger partial charge >= 0.3 is 0 Å². The van der Waals surface area contributed by atoms with Crippen LogP contribution in [0.25, 0.3) is 5.13 Å². The van der Waals surface area contributed by atoms with Crippen LogP contribution in [0.5, 0.6) is 0 Å². The third-order valence-corrected chi connectivity index (χ3v) is 5.57. The minimum Gasteiger partial charge on any atom is -0.296 e. The fourth-order valence-corrected chi connectivity index (χ4v) is 3.95. The van der Waals surface area contributed by atoms with E-state index in [0.717, 1.165) is 44.4 Å². The van der Waals surface area contributed by atoms with Crippen molar-refractivity contribution in [3.8, 4) is 5.13 Å². The number of rotatable bonds is 5. The van der Waals surface area contributed by atoms with Gasteiger partial charge < -0.3 is 0 Å². The van der Waals surface area contributed by atoms with Gasteiger partial charge in [-0.2, -0.15) is 0 Å². The fraction of sp³-hybridized carbons (Fsp3) is 0.368. The molecule has 0 N–H and O–H groups in total. The van der Waals surface area contributed by atoms with Crippen LogP contribution in [0.1, 0.15) is 17.0 Å². The van der Waals surface area contributed by atoms with E-state index in [9.17, 15) is 0 Å². The summed E-state index contributed by atoms with van der Waals surface area (Å²) < 4.78 is 2.20. The molecule has 0 spiro atoms. The summed E-state index contributed by atoms with van der Waals surface area (Å²) in [7, 11) is 0. The van der Waals surface area contributed by atoms with E-state index >= 15 is 0 Å². The highest BCUT2D eigenvalue weighted by atomic mass is 32.1. The first-order valence-corrected chi connectivity index (χ1v) is 9.59. The van der Waals surface area contributed by atoms with Crippen LogP contribution in [0.2, 0.25) is 0 Å². The molecular weight excluding hydrogens is 330 g/mol. The molecule has 1 aliphatic rings. The zero-order valence-electron chi connectivity index (χ0n) is 14.5. The van der Waals surface area contributed by atoms with Crippen molar-refractivity contribution in [2.75, 3.05) is 26.2 Å². The summed E-state index contributed by atoms with van der Waals surface area (Å²) in [6.07, 6.45) is 5.86. The number of piperazine rings is 1. The summed E-state index contributed by atoms with van der Waals surface area (Å²) in [5.41, 5.74) is 3.80. The second kappa shape index (κ2) is 7.47. The fourth-order valence-electron chi connectivity index (χ4n) is 3.30. The molecule has 0 aromatic carbocycles. The van der Waals surface area contributed by atoms with Crippen LogP contribution < -0.4 is 0 Å². The van der Waals surface area contributed by atoms with Gasteiger partial charge in [-0.15, -0.1) is 11.3 Å². The van der Waals surface area contributed by atoms with Crippen LogP contribution in [0.15, 0.2) is 48.2 Å². The molecule has 0 atom stereocenters. The number of hydrogen-bond acceptors (Lipinski definition) is 5. The van der Waals surface area contributed by atoms with Crippen LogP contribution in [0.4, 0.5) is 0 Å². The monoisotopic (exact) mass is 353 g/mol. The van der Waals surface area contributed by atoms with Crippen molar-refractivity contribution >= 4 is 11.3 Å². The first kappa shape index (κ1) is 16.4.